The van der Waals surface area contributed by atoms with E-state index in [-0.39, 0.29) is 23.9 Å². The Morgan fingerprint density at radius 3 is 2.68 bits per heavy atom. The van der Waals surface area contributed by atoms with Crippen molar-refractivity contribution in [2.75, 3.05) is 6.61 Å². The molecular weight excluding hydrogens is 261 g/mol. The second-order valence-electron chi connectivity index (χ2n) is 4.71. The summed E-state index contributed by atoms with van der Waals surface area (Å²) in [5.74, 6) is 0.391. The Hall–Kier alpha value is -1.37. The lowest BCUT2D eigenvalue weighted by atomic mass is 10.0. The molecule has 19 heavy (non-hydrogen) atoms. The van der Waals surface area contributed by atoms with E-state index in [1.54, 1.807) is 0 Å². The highest BCUT2D eigenvalue weighted by Crippen LogP contribution is 2.32. The summed E-state index contributed by atoms with van der Waals surface area (Å²) in [6.45, 7) is -1.68. The predicted molar refractivity (Wildman–Crippen MR) is 61.8 cm³/mol. The molecule has 0 aromatic carbocycles. The Labute approximate surface area is 108 Å². The van der Waals surface area contributed by atoms with Crippen LogP contribution in [0.1, 0.15) is 43.1 Å². The van der Waals surface area contributed by atoms with Crippen molar-refractivity contribution in [3.63, 3.8) is 0 Å². The van der Waals surface area contributed by atoms with Gasteiger partial charge in [0.25, 0.3) is 5.56 Å². The van der Waals surface area contributed by atoms with Gasteiger partial charge in [0.05, 0.1) is 5.69 Å². The molecule has 2 rings (SSSR count). The van der Waals surface area contributed by atoms with Crippen LogP contribution in [0.4, 0.5) is 13.2 Å². The van der Waals surface area contributed by atoms with Crippen molar-refractivity contribution in [2.45, 2.75) is 44.4 Å². The van der Waals surface area contributed by atoms with Crippen molar-refractivity contribution < 1.29 is 17.9 Å². The Morgan fingerprint density at radius 1 is 1.37 bits per heavy atom. The molecule has 1 heterocycles. The maximum atomic E-state index is 11.9. The minimum absolute atomic E-state index is 0.152. The van der Waals surface area contributed by atoms with Crippen molar-refractivity contribution in [2.24, 2.45) is 0 Å². The molecule has 0 radical (unpaired) electrons. The molecule has 0 amide bonds. The molecule has 1 fully saturated rings. The first-order valence-corrected chi connectivity index (χ1v) is 6.19. The SMILES string of the molecule is O=c1cc(C2CCCC2)nc(COCC(F)(F)F)[nH]1. The standard InChI is InChI=1S/C12H15F3N2O2/c13-12(14,15)7-19-6-10-16-9(5-11(18)17-10)8-3-1-2-4-8/h5,8H,1-4,6-7H2,(H,16,17,18). The van der Waals surface area contributed by atoms with Gasteiger partial charge in [0.15, 0.2) is 0 Å². The number of aromatic amines is 1. The van der Waals surface area contributed by atoms with Crippen LogP contribution >= 0.6 is 0 Å². The molecule has 1 aliphatic carbocycles. The Morgan fingerprint density at radius 2 is 2.05 bits per heavy atom. The average molecular weight is 276 g/mol. The van der Waals surface area contributed by atoms with Gasteiger partial charge in [0.2, 0.25) is 0 Å². The van der Waals surface area contributed by atoms with Crippen LogP contribution < -0.4 is 5.56 Å². The third-order valence-electron chi connectivity index (χ3n) is 3.09. The Kier molecular flexibility index (Phi) is 4.24. The van der Waals surface area contributed by atoms with E-state index in [1.165, 1.54) is 6.07 Å². The highest BCUT2D eigenvalue weighted by atomic mass is 19.4. The van der Waals surface area contributed by atoms with Crippen molar-refractivity contribution in [3.8, 4) is 0 Å². The van der Waals surface area contributed by atoms with Gasteiger partial charge in [0.1, 0.15) is 19.0 Å². The van der Waals surface area contributed by atoms with Gasteiger partial charge < -0.3 is 9.72 Å². The fourth-order valence-corrected chi connectivity index (χ4v) is 2.29. The van der Waals surface area contributed by atoms with Crippen LogP contribution in [0, 0.1) is 0 Å². The first-order chi connectivity index (χ1) is 8.94. The van der Waals surface area contributed by atoms with Gasteiger partial charge in [-0.3, -0.25) is 4.79 Å². The van der Waals surface area contributed by atoms with Crippen LogP contribution in [0.3, 0.4) is 0 Å². The highest BCUT2D eigenvalue weighted by molar-refractivity contribution is 5.10. The minimum Gasteiger partial charge on any atom is -0.364 e. The monoisotopic (exact) mass is 276 g/mol. The zero-order valence-electron chi connectivity index (χ0n) is 10.3. The minimum atomic E-state index is -4.37. The van der Waals surface area contributed by atoms with Gasteiger partial charge in [-0.25, -0.2) is 4.98 Å². The van der Waals surface area contributed by atoms with Crippen LogP contribution in [0.25, 0.3) is 0 Å². The van der Waals surface area contributed by atoms with Gasteiger partial charge >= 0.3 is 6.18 Å². The van der Waals surface area contributed by atoms with Gasteiger partial charge in [0, 0.05) is 12.0 Å². The quantitative estimate of drug-likeness (QED) is 0.919. The number of hydrogen-bond donors (Lipinski definition) is 1. The molecular formula is C12H15F3N2O2. The first kappa shape index (κ1) is 14.0. The Bertz CT molecular complexity index is 479. The number of ether oxygens (including phenoxy) is 1. The molecule has 1 aromatic rings. The molecule has 4 nitrogen and oxygen atoms in total. The maximum Gasteiger partial charge on any atom is 0.411 e. The zero-order valence-corrected chi connectivity index (χ0v) is 10.3. The number of nitrogens with one attached hydrogen (secondary N) is 1. The van der Waals surface area contributed by atoms with Crippen molar-refractivity contribution in [1.29, 1.82) is 0 Å². The number of aromatic nitrogens is 2. The van der Waals surface area contributed by atoms with Crippen molar-refractivity contribution in [1.82, 2.24) is 9.97 Å². The molecule has 0 aliphatic heterocycles. The van der Waals surface area contributed by atoms with E-state index in [0.717, 1.165) is 25.7 Å². The lowest BCUT2D eigenvalue weighted by Crippen LogP contribution is -2.19. The van der Waals surface area contributed by atoms with Crippen LogP contribution in [0.5, 0.6) is 0 Å². The normalized spacial score (nSPS) is 17.0. The van der Waals surface area contributed by atoms with E-state index in [1.807, 2.05) is 0 Å². The topological polar surface area (TPSA) is 55.0 Å². The average Bonchev–Trinajstić information content (AvgIpc) is 2.79. The number of rotatable bonds is 4. The molecule has 1 saturated carbocycles. The van der Waals surface area contributed by atoms with E-state index in [2.05, 4.69) is 14.7 Å². The number of hydrogen-bond acceptors (Lipinski definition) is 3. The van der Waals surface area contributed by atoms with Gasteiger partial charge in [-0.05, 0) is 12.8 Å². The van der Waals surface area contributed by atoms with Crippen LogP contribution in [0.2, 0.25) is 0 Å². The summed E-state index contributed by atoms with van der Waals surface area (Å²) in [5, 5.41) is 0. The van der Waals surface area contributed by atoms with Crippen LogP contribution in [-0.4, -0.2) is 22.8 Å². The second kappa shape index (κ2) is 5.73. The molecule has 0 bridgehead atoms. The summed E-state index contributed by atoms with van der Waals surface area (Å²) in [6, 6.07) is 1.42. The molecule has 1 aromatic heterocycles. The fraction of sp³-hybridized carbons (Fsp3) is 0.667. The highest BCUT2D eigenvalue weighted by Gasteiger charge is 2.27. The molecule has 0 atom stereocenters. The van der Waals surface area contributed by atoms with E-state index in [0.29, 0.717) is 5.69 Å². The molecule has 0 saturated heterocycles. The number of H-pyrrole nitrogens is 1. The molecule has 0 spiro atoms. The predicted octanol–water partition coefficient (Wildman–Crippen LogP) is 2.51. The third-order valence-corrected chi connectivity index (χ3v) is 3.09. The lowest BCUT2D eigenvalue weighted by Gasteiger charge is -2.10. The molecule has 7 heteroatoms. The largest absolute Gasteiger partial charge is 0.411 e. The third kappa shape index (κ3) is 4.34. The molecule has 106 valence electrons. The summed E-state index contributed by atoms with van der Waals surface area (Å²) in [5.41, 5.74) is 0.314. The van der Waals surface area contributed by atoms with E-state index >= 15 is 0 Å². The number of nitrogens with zero attached hydrogens (tertiary/aromatic N) is 1. The van der Waals surface area contributed by atoms with Gasteiger partial charge in [-0.15, -0.1) is 0 Å². The zero-order chi connectivity index (χ0) is 13.9. The molecule has 1 N–H and O–H groups in total. The maximum absolute atomic E-state index is 11.9. The summed E-state index contributed by atoms with van der Waals surface area (Å²) in [7, 11) is 0. The summed E-state index contributed by atoms with van der Waals surface area (Å²) in [6.07, 6.45) is -0.236. The second-order valence-corrected chi connectivity index (χ2v) is 4.71. The van der Waals surface area contributed by atoms with Gasteiger partial charge in [-0.1, -0.05) is 12.8 Å². The van der Waals surface area contributed by atoms with Crippen molar-refractivity contribution >= 4 is 0 Å². The summed E-state index contributed by atoms with van der Waals surface area (Å²) < 4.78 is 40.3. The summed E-state index contributed by atoms with van der Waals surface area (Å²) in [4.78, 5) is 18.0. The van der Waals surface area contributed by atoms with Crippen LogP contribution in [-0.2, 0) is 11.3 Å². The van der Waals surface area contributed by atoms with E-state index < -0.39 is 12.8 Å². The first-order valence-electron chi connectivity index (χ1n) is 6.19. The number of halogens is 3. The molecule has 0 unspecified atom stereocenters. The summed E-state index contributed by atoms with van der Waals surface area (Å²) >= 11 is 0. The molecule has 1 aliphatic rings. The Balaban J connectivity index is 2.02. The smallest absolute Gasteiger partial charge is 0.364 e. The van der Waals surface area contributed by atoms with Crippen molar-refractivity contribution in [3.05, 3.63) is 27.9 Å². The van der Waals surface area contributed by atoms with E-state index in [4.69, 9.17) is 0 Å². The van der Waals surface area contributed by atoms with Crippen LogP contribution in [0.15, 0.2) is 10.9 Å². The fourth-order valence-electron chi connectivity index (χ4n) is 2.29. The van der Waals surface area contributed by atoms with Gasteiger partial charge in [-0.2, -0.15) is 13.2 Å². The van der Waals surface area contributed by atoms with E-state index in [9.17, 15) is 18.0 Å². The number of alkyl halides is 3. The lowest BCUT2D eigenvalue weighted by molar-refractivity contribution is -0.177.